The van der Waals surface area contributed by atoms with Gasteiger partial charge in [0.1, 0.15) is 17.4 Å². The van der Waals surface area contributed by atoms with Crippen LogP contribution in [0, 0.1) is 5.92 Å². The van der Waals surface area contributed by atoms with E-state index in [-0.39, 0.29) is 5.28 Å². The Morgan fingerprint density at radius 1 is 1.12 bits per heavy atom. The fourth-order valence-corrected chi connectivity index (χ4v) is 4.18. The molecule has 140 valence electrons. The Morgan fingerprint density at radius 3 is 2.65 bits per heavy atom. The molecule has 3 heterocycles. The molecule has 0 N–H and O–H groups in total. The highest BCUT2D eigenvalue weighted by Crippen LogP contribution is 2.31. The van der Waals surface area contributed by atoms with Crippen molar-refractivity contribution in [2.45, 2.75) is 32.1 Å². The molecule has 0 aromatic carbocycles. The molecule has 4 rings (SSSR count). The van der Waals surface area contributed by atoms with Gasteiger partial charge >= 0.3 is 0 Å². The lowest BCUT2D eigenvalue weighted by molar-refractivity contribution is 0.122. The van der Waals surface area contributed by atoms with E-state index in [0.717, 1.165) is 48.2 Å². The lowest BCUT2D eigenvalue weighted by atomic mass is 9.89. The number of hydrogen-bond acceptors (Lipinski definition) is 7. The van der Waals surface area contributed by atoms with Crippen molar-refractivity contribution in [2.24, 2.45) is 5.92 Å². The van der Waals surface area contributed by atoms with E-state index in [4.69, 9.17) is 16.3 Å². The van der Waals surface area contributed by atoms with Crippen molar-refractivity contribution in [3.05, 3.63) is 11.6 Å². The summed E-state index contributed by atoms with van der Waals surface area (Å²) in [6.45, 7) is 3.91. The van der Waals surface area contributed by atoms with Crippen LogP contribution in [0.2, 0.25) is 5.28 Å². The molecule has 0 radical (unpaired) electrons. The Labute approximate surface area is 158 Å². The summed E-state index contributed by atoms with van der Waals surface area (Å²) in [4.78, 5) is 22.3. The molecule has 1 saturated carbocycles. The Kier molecular flexibility index (Phi) is 5.36. The number of halogens is 1. The maximum atomic E-state index is 6.26. The number of nitrogens with zero attached hydrogens (tertiary/aromatic N) is 6. The topological polar surface area (TPSA) is 67.3 Å². The van der Waals surface area contributed by atoms with Gasteiger partial charge in [-0.2, -0.15) is 4.98 Å². The minimum absolute atomic E-state index is 0.237. The van der Waals surface area contributed by atoms with Crippen molar-refractivity contribution in [1.82, 2.24) is 19.9 Å². The second-order valence-corrected chi connectivity index (χ2v) is 7.53. The molecule has 0 amide bonds. The minimum atomic E-state index is 0.237. The van der Waals surface area contributed by atoms with E-state index in [2.05, 4.69) is 36.8 Å². The summed E-state index contributed by atoms with van der Waals surface area (Å²) < 4.78 is 5.45. The van der Waals surface area contributed by atoms with Crippen molar-refractivity contribution in [3.8, 4) is 0 Å². The Bertz CT molecular complexity index is 761. The molecule has 1 aliphatic carbocycles. The maximum Gasteiger partial charge on any atom is 0.225 e. The first-order valence-corrected chi connectivity index (χ1v) is 9.82. The van der Waals surface area contributed by atoms with Gasteiger partial charge in [-0.05, 0) is 30.4 Å². The van der Waals surface area contributed by atoms with Crippen LogP contribution >= 0.6 is 11.6 Å². The third-order valence-corrected chi connectivity index (χ3v) is 5.52. The largest absolute Gasteiger partial charge is 0.378 e. The van der Waals surface area contributed by atoms with Crippen LogP contribution in [0.25, 0.3) is 11.0 Å². The number of hydrogen-bond donors (Lipinski definition) is 0. The quantitative estimate of drug-likeness (QED) is 0.760. The van der Waals surface area contributed by atoms with Gasteiger partial charge in [0.2, 0.25) is 5.28 Å². The van der Waals surface area contributed by atoms with E-state index in [1.807, 2.05) is 0 Å². The van der Waals surface area contributed by atoms with Gasteiger partial charge in [-0.1, -0.05) is 19.3 Å². The summed E-state index contributed by atoms with van der Waals surface area (Å²) in [6.07, 6.45) is 8.22. The van der Waals surface area contributed by atoms with Crippen LogP contribution in [-0.2, 0) is 4.74 Å². The SMILES string of the molecule is CN(CC1CCCCC1)c1ncnc2c(N3CCOCC3)nc(Cl)nc12. The molecular formula is C18H25ClN6O. The van der Waals surface area contributed by atoms with Crippen LogP contribution in [-0.4, -0.2) is 59.8 Å². The van der Waals surface area contributed by atoms with Gasteiger partial charge in [0.25, 0.3) is 0 Å². The zero-order valence-corrected chi connectivity index (χ0v) is 16.0. The molecule has 0 bridgehead atoms. The van der Waals surface area contributed by atoms with Gasteiger partial charge in [0.15, 0.2) is 11.6 Å². The number of anilines is 2. The van der Waals surface area contributed by atoms with E-state index < -0.39 is 0 Å². The highest BCUT2D eigenvalue weighted by atomic mass is 35.5. The zero-order chi connectivity index (χ0) is 17.9. The zero-order valence-electron chi connectivity index (χ0n) is 15.2. The molecule has 1 saturated heterocycles. The predicted molar refractivity (Wildman–Crippen MR) is 103 cm³/mol. The second-order valence-electron chi connectivity index (χ2n) is 7.19. The van der Waals surface area contributed by atoms with Crippen LogP contribution in [0.15, 0.2) is 6.33 Å². The first-order valence-electron chi connectivity index (χ1n) is 9.44. The van der Waals surface area contributed by atoms with Crippen LogP contribution in [0.4, 0.5) is 11.6 Å². The molecule has 7 nitrogen and oxygen atoms in total. The maximum absolute atomic E-state index is 6.26. The monoisotopic (exact) mass is 376 g/mol. The summed E-state index contributed by atoms with van der Waals surface area (Å²) >= 11 is 6.26. The van der Waals surface area contributed by atoms with Gasteiger partial charge in [0.05, 0.1) is 13.2 Å². The number of morpholine rings is 1. The standard InChI is InChI=1S/C18H25ClN6O/c1-24(11-13-5-3-2-4-6-13)16-15-14(20-12-21-16)17(23-18(19)22-15)25-7-9-26-10-8-25/h12-13H,2-11H2,1H3. The van der Waals surface area contributed by atoms with Crippen molar-refractivity contribution >= 4 is 34.3 Å². The van der Waals surface area contributed by atoms with Gasteiger partial charge in [-0.3, -0.25) is 0 Å². The summed E-state index contributed by atoms with van der Waals surface area (Å²) in [6, 6.07) is 0. The molecule has 8 heteroatoms. The van der Waals surface area contributed by atoms with E-state index >= 15 is 0 Å². The fourth-order valence-electron chi connectivity index (χ4n) is 4.01. The van der Waals surface area contributed by atoms with Crippen LogP contribution in [0.3, 0.4) is 0 Å². The summed E-state index contributed by atoms with van der Waals surface area (Å²) in [7, 11) is 2.08. The summed E-state index contributed by atoms with van der Waals surface area (Å²) in [5.74, 6) is 2.33. The molecule has 2 aromatic heterocycles. The average Bonchev–Trinajstić information content (AvgIpc) is 2.68. The first-order chi connectivity index (χ1) is 12.7. The third kappa shape index (κ3) is 3.69. The van der Waals surface area contributed by atoms with Crippen molar-refractivity contribution < 1.29 is 4.74 Å². The van der Waals surface area contributed by atoms with E-state index in [1.165, 1.54) is 32.1 Å². The number of aromatic nitrogens is 4. The summed E-state index contributed by atoms with van der Waals surface area (Å²) in [5.41, 5.74) is 1.49. The van der Waals surface area contributed by atoms with E-state index in [1.54, 1.807) is 6.33 Å². The van der Waals surface area contributed by atoms with Crippen LogP contribution in [0.1, 0.15) is 32.1 Å². The molecule has 2 aliphatic rings. The van der Waals surface area contributed by atoms with Gasteiger partial charge in [-0.25, -0.2) is 15.0 Å². The van der Waals surface area contributed by atoms with Crippen LogP contribution in [0.5, 0.6) is 0 Å². The Hall–Kier alpha value is -1.73. The fraction of sp³-hybridized carbons (Fsp3) is 0.667. The van der Waals surface area contributed by atoms with Gasteiger partial charge in [-0.15, -0.1) is 0 Å². The second kappa shape index (κ2) is 7.88. The lowest BCUT2D eigenvalue weighted by Crippen LogP contribution is -2.37. The van der Waals surface area contributed by atoms with Crippen molar-refractivity contribution in [2.75, 3.05) is 49.7 Å². The van der Waals surface area contributed by atoms with E-state index in [9.17, 15) is 0 Å². The predicted octanol–water partition coefficient (Wildman–Crippen LogP) is 2.93. The van der Waals surface area contributed by atoms with Gasteiger partial charge in [0, 0.05) is 26.7 Å². The summed E-state index contributed by atoms with van der Waals surface area (Å²) in [5, 5.41) is 0.237. The normalized spacial score (nSPS) is 19.1. The molecule has 2 fully saturated rings. The Balaban J connectivity index is 1.67. The number of rotatable bonds is 4. The molecular weight excluding hydrogens is 352 g/mol. The van der Waals surface area contributed by atoms with E-state index in [0.29, 0.717) is 13.2 Å². The smallest absolute Gasteiger partial charge is 0.225 e. The lowest BCUT2D eigenvalue weighted by Gasteiger charge is -2.29. The minimum Gasteiger partial charge on any atom is -0.378 e. The van der Waals surface area contributed by atoms with Crippen LogP contribution < -0.4 is 9.80 Å². The molecule has 26 heavy (non-hydrogen) atoms. The van der Waals surface area contributed by atoms with Crippen molar-refractivity contribution in [1.29, 1.82) is 0 Å². The molecule has 1 aliphatic heterocycles. The molecule has 0 spiro atoms. The highest BCUT2D eigenvalue weighted by molar-refractivity contribution is 6.29. The molecule has 0 unspecified atom stereocenters. The highest BCUT2D eigenvalue weighted by Gasteiger charge is 2.22. The van der Waals surface area contributed by atoms with Crippen molar-refractivity contribution in [3.63, 3.8) is 0 Å². The van der Waals surface area contributed by atoms with Gasteiger partial charge < -0.3 is 14.5 Å². The Morgan fingerprint density at radius 2 is 1.88 bits per heavy atom. The molecule has 2 aromatic rings. The molecule has 0 atom stereocenters. The first kappa shape index (κ1) is 17.7. The number of fused-ring (bicyclic) bond motifs is 1. The third-order valence-electron chi connectivity index (χ3n) is 5.35. The average molecular weight is 377 g/mol. The number of ether oxygens (including phenoxy) is 1.